The highest BCUT2D eigenvalue weighted by Crippen LogP contribution is 2.35. The van der Waals surface area contributed by atoms with E-state index < -0.39 is 0 Å². The maximum absolute atomic E-state index is 3.97. The Kier molecular flexibility index (Phi) is 4.09. The Labute approximate surface area is 95.4 Å². The Balaban J connectivity index is 2.04. The molecule has 1 heterocycles. The lowest BCUT2D eigenvalue weighted by Crippen LogP contribution is -2.28. The highest BCUT2D eigenvalue weighted by Gasteiger charge is 2.25. The highest BCUT2D eigenvalue weighted by molar-refractivity contribution is 7.05. The van der Waals surface area contributed by atoms with Gasteiger partial charge in [-0.15, -0.1) is 5.10 Å². The summed E-state index contributed by atoms with van der Waals surface area (Å²) < 4.78 is 3.97. The molecule has 0 saturated heterocycles. The van der Waals surface area contributed by atoms with Crippen molar-refractivity contribution in [2.45, 2.75) is 45.1 Å². The van der Waals surface area contributed by atoms with E-state index in [4.69, 9.17) is 0 Å². The van der Waals surface area contributed by atoms with Crippen LogP contribution < -0.4 is 5.32 Å². The van der Waals surface area contributed by atoms with Gasteiger partial charge in [-0.25, -0.2) is 0 Å². The van der Waals surface area contributed by atoms with E-state index in [0.29, 0.717) is 6.04 Å². The van der Waals surface area contributed by atoms with Crippen molar-refractivity contribution < 1.29 is 0 Å². The molecule has 1 N–H and O–H groups in total. The molecule has 84 valence electrons. The van der Waals surface area contributed by atoms with Crippen LogP contribution in [0.3, 0.4) is 0 Å². The lowest BCUT2D eigenvalue weighted by Gasteiger charge is -2.29. The van der Waals surface area contributed by atoms with Gasteiger partial charge < -0.3 is 5.32 Å². The average molecular weight is 225 g/mol. The van der Waals surface area contributed by atoms with Crippen LogP contribution in [0, 0.1) is 5.92 Å². The first-order valence-electron chi connectivity index (χ1n) is 5.92. The van der Waals surface area contributed by atoms with Crippen LogP contribution in [0.15, 0.2) is 6.20 Å². The van der Waals surface area contributed by atoms with E-state index in [1.54, 1.807) is 11.5 Å². The summed E-state index contributed by atoms with van der Waals surface area (Å²) in [5.74, 6) is 0.793. The summed E-state index contributed by atoms with van der Waals surface area (Å²) in [4.78, 5) is 1.31. The fourth-order valence-electron chi connectivity index (χ4n) is 2.50. The number of nitrogens with zero attached hydrogens (tertiary/aromatic N) is 2. The third kappa shape index (κ3) is 2.75. The van der Waals surface area contributed by atoms with Crippen molar-refractivity contribution in [3.63, 3.8) is 0 Å². The first-order valence-corrected chi connectivity index (χ1v) is 6.69. The van der Waals surface area contributed by atoms with Gasteiger partial charge >= 0.3 is 0 Å². The molecular weight excluding hydrogens is 206 g/mol. The third-order valence-corrected chi connectivity index (χ3v) is 3.98. The SMILES string of the molecule is CCNC(c1cnns1)C1CCCCC1. The fraction of sp³-hybridized carbons (Fsp3) is 0.818. The molecule has 1 aliphatic carbocycles. The molecule has 15 heavy (non-hydrogen) atoms. The number of rotatable bonds is 4. The lowest BCUT2D eigenvalue weighted by atomic mass is 9.83. The summed E-state index contributed by atoms with van der Waals surface area (Å²) in [7, 11) is 0. The lowest BCUT2D eigenvalue weighted by molar-refractivity contribution is 0.277. The number of hydrogen-bond donors (Lipinski definition) is 1. The molecule has 1 fully saturated rings. The van der Waals surface area contributed by atoms with Gasteiger partial charge in [0, 0.05) is 6.04 Å². The van der Waals surface area contributed by atoms with Gasteiger partial charge in [0.1, 0.15) is 0 Å². The van der Waals surface area contributed by atoms with Crippen molar-refractivity contribution >= 4 is 11.5 Å². The minimum Gasteiger partial charge on any atom is -0.309 e. The Morgan fingerprint density at radius 1 is 1.47 bits per heavy atom. The smallest absolute Gasteiger partial charge is 0.0669 e. The predicted molar refractivity (Wildman–Crippen MR) is 62.9 cm³/mol. The van der Waals surface area contributed by atoms with Crippen molar-refractivity contribution in [2.75, 3.05) is 6.54 Å². The summed E-state index contributed by atoms with van der Waals surface area (Å²) >= 11 is 1.54. The minimum atomic E-state index is 0.496. The largest absolute Gasteiger partial charge is 0.309 e. The van der Waals surface area contributed by atoms with Crippen LogP contribution in [-0.4, -0.2) is 16.1 Å². The van der Waals surface area contributed by atoms with E-state index in [0.717, 1.165) is 12.5 Å². The van der Waals surface area contributed by atoms with E-state index in [2.05, 4.69) is 21.8 Å². The fourth-order valence-corrected chi connectivity index (χ4v) is 3.17. The Morgan fingerprint density at radius 2 is 2.27 bits per heavy atom. The Bertz CT molecular complexity index is 267. The number of aromatic nitrogens is 2. The molecule has 0 spiro atoms. The van der Waals surface area contributed by atoms with E-state index in [-0.39, 0.29) is 0 Å². The molecule has 1 aromatic rings. The summed E-state index contributed by atoms with van der Waals surface area (Å²) in [6, 6.07) is 0.496. The zero-order chi connectivity index (χ0) is 10.5. The predicted octanol–water partition coefficient (Wildman–Crippen LogP) is 2.77. The molecule has 1 atom stereocenters. The highest BCUT2D eigenvalue weighted by atomic mass is 32.1. The summed E-state index contributed by atoms with van der Waals surface area (Å²) in [6.45, 7) is 3.20. The minimum absolute atomic E-state index is 0.496. The number of nitrogens with one attached hydrogen (secondary N) is 1. The van der Waals surface area contributed by atoms with Gasteiger partial charge in [0.25, 0.3) is 0 Å². The van der Waals surface area contributed by atoms with Gasteiger partial charge in [-0.3, -0.25) is 0 Å². The zero-order valence-corrected chi connectivity index (χ0v) is 10.1. The molecule has 1 aliphatic rings. The molecule has 0 aliphatic heterocycles. The maximum atomic E-state index is 3.97. The van der Waals surface area contributed by atoms with Crippen LogP contribution in [0.2, 0.25) is 0 Å². The molecule has 1 unspecified atom stereocenters. The van der Waals surface area contributed by atoms with E-state index in [1.165, 1.54) is 37.0 Å². The molecule has 2 rings (SSSR count). The standard InChI is InChI=1S/C11H19N3S/c1-2-12-11(10-8-13-14-15-10)9-6-4-3-5-7-9/h8-9,11-12H,2-7H2,1H3. The topological polar surface area (TPSA) is 37.8 Å². The van der Waals surface area contributed by atoms with Crippen molar-refractivity contribution in [2.24, 2.45) is 5.92 Å². The molecule has 0 amide bonds. The number of hydrogen-bond acceptors (Lipinski definition) is 4. The first-order chi connectivity index (χ1) is 7.42. The Hall–Kier alpha value is -0.480. The molecule has 1 aromatic heterocycles. The molecule has 0 bridgehead atoms. The second-order valence-corrected chi connectivity index (χ2v) is 5.07. The van der Waals surface area contributed by atoms with Gasteiger partial charge in [0.2, 0.25) is 0 Å². The summed E-state index contributed by atoms with van der Waals surface area (Å²) in [5, 5.41) is 7.53. The van der Waals surface area contributed by atoms with E-state index in [1.807, 2.05) is 6.20 Å². The summed E-state index contributed by atoms with van der Waals surface area (Å²) in [5.41, 5.74) is 0. The molecule has 0 aromatic carbocycles. The second-order valence-electron chi connectivity index (χ2n) is 4.25. The van der Waals surface area contributed by atoms with Crippen LogP contribution in [0.1, 0.15) is 49.9 Å². The van der Waals surface area contributed by atoms with Gasteiger partial charge in [-0.2, -0.15) is 0 Å². The van der Waals surface area contributed by atoms with Crippen LogP contribution >= 0.6 is 11.5 Å². The van der Waals surface area contributed by atoms with Gasteiger partial charge in [0.05, 0.1) is 11.1 Å². The molecular formula is C11H19N3S. The van der Waals surface area contributed by atoms with Gasteiger partial charge in [-0.05, 0) is 36.8 Å². The van der Waals surface area contributed by atoms with Gasteiger partial charge in [-0.1, -0.05) is 30.7 Å². The summed E-state index contributed by atoms with van der Waals surface area (Å²) in [6.07, 6.45) is 8.83. The van der Waals surface area contributed by atoms with Crippen molar-refractivity contribution in [1.29, 1.82) is 0 Å². The Morgan fingerprint density at radius 3 is 2.87 bits per heavy atom. The second kappa shape index (κ2) is 5.56. The van der Waals surface area contributed by atoms with Crippen molar-refractivity contribution in [3.8, 4) is 0 Å². The van der Waals surface area contributed by atoms with Crippen LogP contribution in [0.5, 0.6) is 0 Å². The zero-order valence-electron chi connectivity index (χ0n) is 9.28. The molecule has 3 nitrogen and oxygen atoms in total. The maximum Gasteiger partial charge on any atom is 0.0669 e. The molecule has 4 heteroatoms. The normalized spacial score (nSPS) is 20.3. The van der Waals surface area contributed by atoms with Crippen molar-refractivity contribution in [1.82, 2.24) is 14.9 Å². The molecule has 1 saturated carbocycles. The van der Waals surface area contributed by atoms with E-state index >= 15 is 0 Å². The van der Waals surface area contributed by atoms with Crippen molar-refractivity contribution in [3.05, 3.63) is 11.1 Å². The van der Waals surface area contributed by atoms with E-state index in [9.17, 15) is 0 Å². The quantitative estimate of drug-likeness (QED) is 0.856. The van der Waals surface area contributed by atoms with Gasteiger partial charge in [0.15, 0.2) is 0 Å². The monoisotopic (exact) mass is 225 g/mol. The average Bonchev–Trinajstić information content (AvgIpc) is 2.80. The van der Waals surface area contributed by atoms with Crippen LogP contribution in [-0.2, 0) is 0 Å². The van der Waals surface area contributed by atoms with Crippen LogP contribution in [0.4, 0.5) is 0 Å². The van der Waals surface area contributed by atoms with Crippen LogP contribution in [0.25, 0.3) is 0 Å². The third-order valence-electron chi connectivity index (χ3n) is 3.23. The first kappa shape index (κ1) is 11.0. The molecule has 0 radical (unpaired) electrons.